The third kappa shape index (κ3) is 0.312. The van der Waals surface area contributed by atoms with Crippen molar-refractivity contribution in [1.82, 2.24) is 0 Å². The molecule has 54 valence electrons. The fourth-order valence-electron chi connectivity index (χ4n) is 3.46. The highest BCUT2D eigenvalue weighted by Gasteiger charge is 2.52. The second-order valence-corrected chi connectivity index (χ2v) is 4.25. The summed E-state index contributed by atoms with van der Waals surface area (Å²) >= 11 is 0. The van der Waals surface area contributed by atoms with Gasteiger partial charge >= 0.3 is 0 Å². The van der Waals surface area contributed by atoms with E-state index in [2.05, 4.69) is 19.1 Å². The Balaban J connectivity index is 2.14. The van der Waals surface area contributed by atoms with Gasteiger partial charge in [0, 0.05) is 17.8 Å². The predicted octanol–water partition coefficient (Wildman–Crippen LogP) is 2.45. The molecule has 5 aliphatic rings. The fraction of sp³-hybridized carbons (Fsp3) is 0.455. The normalized spacial score (nSPS) is 47.9. The van der Waals surface area contributed by atoms with Crippen LogP contribution in [0.3, 0.4) is 0 Å². The van der Waals surface area contributed by atoms with E-state index in [4.69, 9.17) is 0 Å². The number of rotatable bonds is 0. The molecule has 0 aromatic carbocycles. The minimum absolute atomic E-state index is 0.816. The largest absolute Gasteiger partial charge is 0.0729 e. The summed E-state index contributed by atoms with van der Waals surface area (Å²) in [5.41, 5.74) is 6.82. The summed E-state index contributed by atoms with van der Waals surface area (Å²) in [6, 6.07) is 0. The molecule has 0 amide bonds. The van der Waals surface area contributed by atoms with Gasteiger partial charge in [-0.2, -0.15) is 0 Å². The summed E-state index contributed by atoms with van der Waals surface area (Å²) in [6.45, 7) is 2.38. The zero-order chi connectivity index (χ0) is 7.16. The van der Waals surface area contributed by atoms with E-state index in [1.807, 2.05) is 0 Å². The highest BCUT2D eigenvalue weighted by Crippen LogP contribution is 2.64. The Bertz CT molecular complexity index is 357. The van der Waals surface area contributed by atoms with Crippen molar-refractivity contribution in [3.63, 3.8) is 0 Å². The topological polar surface area (TPSA) is 0 Å². The molecule has 3 unspecified atom stereocenters. The van der Waals surface area contributed by atoms with Gasteiger partial charge in [0.25, 0.3) is 0 Å². The maximum absolute atomic E-state index is 2.52. The van der Waals surface area contributed by atoms with Crippen molar-refractivity contribution in [2.75, 3.05) is 0 Å². The Kier molecular flexibility index (Phi) is 0.522. The highest BCUT2D eigenvalue weighted by molar-refractivity contribution is 5.71. The number of allylic oxidation sites excluding steroid dienone is 6. The molecule has 0 saturated heterocycles. The first-order valence-electron chi connectivity index (χ1n) is 4.54. The molecule has 3 atom stereocenters. The third-order valence-corrected chi connectivity index (χ3v) is 3.95. The van der Waals surface area contributed by atoms with Gasteiger partial charge in [0.05, 0.1) is 0 Å². The van der Waals surface area contributed by atoms with E-state index in [0.29, 0.717) is 0 Å². The molecule has 0 aromatic rings. The summed E-state index contributed by atoms with van der Waals surface area (Å²) in [4.78, 5) is 0. The Hall–Kier alpha value is -0.780. The Labute approximate surface area is 66.3 Å². The smallest absolute Gasteiger partial charge is 0.00748 e. The van der Waals surface area contributed by atoms with Crippen LogP contribution in [-0.4, -0.2) is 0 Å². The van der Waals surface area contributed by atoms with Crippen molar-refractivity contribution in [3.05, 3.63) is 34.4 Å². The van der Waals surface area contributed by atoms with Gasteiger partial charge in [0.1, 0.15) is 0 Å². The van der Waals surface area contributed by atoms with E-state index in [1.54, 1.807) is 22.3 Å². The van der Waals surface area contributed by atoms with Crippen molar-refractivity contribution in [2.24, 2.45) is 17.8 Å². The molecular weight excluding hydrogens is 132 g/mol. The van der Waals surface area contributed by atoms with Gasteiger partial charge in [0.2, 0.25) is 0 Å². The Morgan fingerprint density at radius 3 is 3.27 bits per heavy atom. The molecule has 5 rings (SSSR count). The monoisotopic (exact) mass is 142 g/mol. The molecule has 11 heavy (non-hydrogen) atoms. The van der Waals surface area contributed by atoms with Crippen molar-refractivity contribution in [2.45, 2.75) is 13.3 Å². The fourth-order valence-corrected chi connectivity index (χ4v) is 3.46. The minimum atomic E-state index is 0.816. The second-order valence-electron chi connectivity index (χ2n) is 4.25. The maximum Gasteiger partial charge on any atom is 0.00748 e. The summed E-state index contributed by atoms with van der Waals surface area (Å²) in [5.74, 6) is 2.57. The van der Waals surface area contributed by atoms with E-state index in [9.17, 15) is 0 Å². The van der Waals surface area contributed by atoms with Crippen LogP contribution in [0.4, 0.5) is 0 Å². The van der Waals surface area contributed by atoms with Crippen LogP contribution in [0.5, 0.6) is 0 Å². The summed E-state index contributed by atoms with van der Waals surface area (Å²) in [6.07, 6.45) is 6.40. The van der Waals surface area contributed by atoms with Gasteiger partial charge < -0.3 is 0 Å². The third-order valence-electron chi connectivity index (χ3n) is 3.95. The van der Waals surface area contributed by atoms with Crippen LogP contribution in [-0.2, 0) is 0 Å². The molecule has 0 heterocycles. The van der Waals surface area contributed by atoms with Gasteiger partial charge in [-0.1, -0.05) is 24.6 Å². The molecule has 1 saturated carbocycles. The molecule has 6 bridgehead atoms. The van der Waals surface area contributed by atoms with Crippen molar-refractivity contribution in [3.8, 4) is 0 Å². The average Bonchev–Trinajstić information content (AvgIpc) is 2.29. The molecule has 0 N–H and O–H groups in total. The van der Waals surface area contributed by atoms with Crippen LogP contribution in [0.15, 0.2) is 34.4 Å². The lowest BCUT2D eigenvalue weighted by molar-refractivity contribution is 0.476. The van der Waals surface area contributed by atoms with Gasteiger partial charge in [0.15, 0.2) is 0 Å². The summed E-state index contributed by atoms with van der Waals surface area (Å²) in [7, 11) is 0. The standard InChI is InChI=1S/C11H10/c1-5-7-4-10-8-2-6(7)3-9(8)11(5)10/h2,4-6,9H,3H2,1H3. The predicted molar refractivity (Wildman–Crippen MR) is 44.0 cm³/mol. The van der Waals surface area contributed by atoms with E-state index >= 15 is 0 Å². The van der Waals surface area contributed by atoms with E-state index < -0.39 is 0 Å². The zero-order valence-electron chi connectivity index (χ0n) is 6.59. The maximum atomic E-state index is 2.52. The first-order valence-corrected chi connectivity index (χ1v) is 4.54. The van der Waals surface area contributed by atoms with E-state index in [1.165, 1.54) is 6.42 Å². The van der Waals surface area contributed by atoms with Gasteiger partial charge in [-0.3, -0.25) is 0 Å². The van der Waals surface area contributed by atoms with Gasteiger partial charge in [-0.05, 0) is 23.1 Å². The lowest BCUT2D eigenvalue weighted by Crippen LogP contribution is -2.23. The van der Waals surface area contributed by atoms with Crippen LogP contribution in [0, 0.1) is 17.8 Å². The lowest BCUT2D eigenvalue weighted by atomic mass is 9.69. The van der Waals surface area contributed by atoms with Crippen LogP contribution in [0.25, 0.3) is 0 Å². The van der Waals surface area contributed by atoms with Crippen molar-refractivity contribution < 1.29 is 0 Å². The number of hydrogen-bond acceptors (Lipinski definition) is 0. The Morgan fingerprint density at radius 1 is 1.45 bits per heavy atom. The minimum Gasteiger partial charge on any atom is -0.0729 e. The molecule has 1 fully saturated rings. The van der Waals surface area contributed by atoms with Gasteiger partial charge in [-0.25, -0.2) is 0 Å². The Morgan fingerprint density at radius 2 is 2.36 bits per heavy atom. The molecule has 0 aliphatic heterocycles. The molecule has 0 heteroatoms. The zero-order valence-corrected chi connectivity index (χ0v) is 6.59. The van der Waals surface area contributed by atoms with Crippen molar-refractivity contribution >= 4 is 0 Å². The lowest BCUT2D eigenvalue weighted by Gasteiger charge is -2.34. The molecule has 0 spiro atoms. The van der Waals surface area contributed by atoms with Crippen LogP contribution in [0.1, 0.15) is 13.3 Å². The first kappa shape index (κ1) is 4.97. The SMILES string of the molecule is CC1C2=CC3=C1C1CC2C=C31. The number of hydrogen-bond donors (Lipinski definition) is 0. The van der Waals surface area contributed by atoms with Crippen LogP contribution < -0.4 is 0 Å². The molecular formula is C11H10. The van der Waals surface area contributed by atoms with Gasteiger partial charge in [-0.15, -0.1) is 0 Å². The summed E-state index contributed by atoms with van der Waals surface area (Å²) < 4.78 is 0. The highest BCUT2D eigenvalue weighted by atomic mass is 14.6. The van der Waals surface area contributed by atoms with Crippen LogP contribution >= 0.6 is 0 Å². The first-order chi connectivity index (χ1) is 5.36. The average molecular weight is 142 g/mol. The molecule has 0 aromatic heterocycles. The van der Waals surface area contributed by atoms with Crippen molar-refractivity contribution in [1.29, 1.82) is 0 Å². The molecule has 0 radical (unpaired) electrons. The molecule has 5 aliphatic carbocycles. The molecule has 0 nitrogen and oxygen atoms in total. The van der Waals surface area contributed by atoms with E-state index in [-0.39, 0.29) is 0 Å². The van der Waals surface area contributed by atoms with Crippen LogP contribution in [0.2, 0.25) is 0 Å². The summed E-state index contributed by atoms with van der Waals surface area (Å²) in [5, 5.41) is 0. The quantitative estimate of drug-likeness (QED) is 0.487. The second kappa shape index (κ2) is 1.16. The van der Waals surface area contributed by atoms with E-state index in [0.717, 1.165) is 17.8 Å².